The summed E-state index contributed by atoms with van der Waals surface area (Å²) in [5.74, 6) is 0.148. The molecule has 1 aromatic heterocycles. The van der Waals surface area contributed by atoms with E-state index in [-0.39, 0.29) is 11.2 Å². The van der Waals surface area contributed by atoms with Crippen molar-refractivity contribution >= 4 is 17.7 Å². The second-order valence-electron chi connectivity index (χ2n) is 4.88. The van der Waals surface area contributed by atoms with E-state index in [0.29, 0.717) is 0 Å². The molecule has 0 radical (unpaired) electrons. The first-order chi connectivity index (χ1) is 10.7. The molecule has 0 unspecified atom stereocenters. The van der Waals surface area contributed by atoms with Crippen LogP contribution in [-0.2, 0) is 4.79 Å². The largest absolute Gasteiger partial charge is 0.342 e. The summed E-state index contributed by atoms with van der Waals surface area (Å²) in [7, 11) is 0. The summed E-state index contributed by atoms with van der Waals surface area (Å²) in [4.78, 5) is 22.8. The first-order valence-electron chi connectivity index (χ1n) is 7.48. The van der Waals surface area contributed by atoms with Crippen molar-refractivity contribution in [2.75, 3.05) is 13.1 Å². The zero-order valence-electron chi connectivity index (χ0n) is 13.2. The van der Waals surface area contributed by atoms with Crippen molar-refractivity contribution in [2.24, 2.45) is 0 Å². The average Bonchev–Trinajstić information content (AvgIpc) is 2.57. The molecule has 1 aromatic carbocycles. The summed E-state index contributed by atoms with van der Waals surface area (Å²) < 4.78 is 0. The molecular formula is C17H21N3OS. The summed E-state index contributed by atoms with van der Waals surface area (Å²) in [6.07, 6.45) is 1.55. The van der Waals surface area contributed by atoms with Crippen molar-refractivity contribution in [1.29, 1.82) is 0 Å². The highest BCUT2D eigenvalue weighted by Crippen LogP contribution is 2.25. The van der Waals surface area contributed by atoms with E-state index in [1.165, 1.54) is 11.8 Å². The highest BCUT2D eigenvalue weighted by Gasteiger charge is 2.19. The molecule has 0 fully saturated rings. The molecule has 5 heteroatoms. The predicted molar refractivity (Wildman–Crippen MR) is 90.7 cm³/mol. The fraction of sp³-hybridized carbons (Fsp3) is 0.353. The molecule has 0 aliphatic rings. The molecule has 0 saturated carbocycles. The lowest BCUT2D eigenvalue weighted by atomic mass is 10.1. The van der Waals surface area contributed by atoms with Crippen LogP contribution in [0.25, 0.3) is 11.3 Å². The molecule has 0 aliphatic heterocycles. The molecule has 116 valence electrons. The average molecular weight is 315 g/mol. The molecule has 1 heterocycles. The number of aromatic nitrogens is 2. The van der Waals surface area contributed by atoms with Crippen LogP contribution in [0.5, 0.6) is 0 Å². The molecular weight excluding hydrogens is 294 g/mol. The number of amides is 1. The maximum atomic E-state index is 12.3. The molecule has 0 aliphatic carbocycles. The Morgan fingerprint density at radius 2 is 1.86 bits per heavy atom. The standard InChI is InChI=1S/C17H21N3OS/c1-4-20(5-2)17(21)13(3)22-16-11-15(18-12-19-16)14-9-7-6-8-10-14/h6-13H,4-5H2,1-3H3/t13-/m0/s1. The summed E-state index contributed by atoms with van der Waals surface area (Å²) in [5, 5.41) is 0.667. The van der Waals surface area contributed by atoms with Crippen LogP contribution in [0.1, 0.15) is 20.8 Å². The maximum absolute atomic E-state index is 12.3. The molecule has 1 atom stereocenters. The lowest BCUT2D eigenvalue weighted by molar-refractivity contribution is -0.129. The first kappa shape index (κ1) is 16.5. The van der Waals surface area contributed by atoms with Crippen molar-refractivity contribution in [3.8, 4) is 11.3 Å². The Morgan fingerprint density at radius 3 is 2.50 bits per heavy atom. The van der Waals surface area contributed by atoms with E-state index in [1.807, 2.05) is 62.1 Å². The van der Waals surface area contributed by atoms with Gasteiger partial charge in [0, 0.05) is 18.7 Å². The Balaban J connectivity index is 2.12. The van der Waals surface area contributed by atoms with Gasteiger partial charge in [0.1, 0.15) is 11.4 Å². The van der Waals surface area contributed by atoms with Crippen LogP contribution in [0.4, 0.5) is 0 Å². The van der Waals surface area contributed by atoms with Crippen LogP contribution < -0.4 is 0 Å². The van der Waals surface area contributed by atoms with Gasteiger partial charge in [-0.05, 0) is 26.8 Å². The Labute approximate surface area is 136 Å². The Hall–Kier alpha value is -1.88. The topological polar surface area (TPSA) is 46.1 Å². The lowest BCUT2D eigenvalue weighted by Crippen LogP contribution is -2.36. The van der Waals surface area contributed by atoms with Crippen molar-refractivity contribution < 1.29 is 4.79 Å². The Morgan fingerprint density at radius 1 is 1.18 bits per heavy atom. The minimum absolute atomic E-state index is 0.148. The van der Waals surface area contributed by atoms with Crippen LogP contribution in [-0.4, -0.2) is 39.1 Å². The van der Waals surface area contributed by atoms with E-state index in [1.54, 1.807) is 6.33 Å². The van der Waals surface area contributed by atoms with Gasteiger partial charge < -0.3 is 4.90 Å². The summed E-state index contributed by atoms with van der Waals surface area (Å²) >= 11 is 1.48. The number of benzene rings is 1. The summed E-state index contributed by atoms with van der Waals surface area (Å²) in [5.41, 5.74) is 1.93. The fourth-order valence-electron chi connectivity index (χ4n) is 2.19. The zero-order chi connectivity index (χ0) is 15.9. The number of nitrogens with zero attached hydrogens (tertiary/aromatic N) is 3. The Bertz CT molecular complexity index is 614. The quantitative estimate of drug-likeness (QED) is 0.605. The lowest BCUT2D eigenvalue weighted by Gasteiger charge is -2.22. The van der Waals surface area contributed by atoms with Gasteiger partial charge >= 0.3 is 0 Å². The molecule has 2 rings (SSSR count). The van der Waals surface area contributed by atoms with E-state index in [4.69, 9.17) is 0 Å². The van der Waals surface area contributed by atoms with Gasteiger partial charge in [0.25, 0.3) is 0 Å². The zero-order valence-corrected chi connectivity index (χ0v) is 14.0. The van der Waals surface area contributed by atoms with E-state index in [2.05, 4.69) is 9.97 Å². The predicted octanol–water partition coefficient (Wildman–Crippen LogP) is 3.49. The second kappa shape index (κ2) is 7.94. The van der Waals surface area contributed by atoms with Gasteiger partial charge in [-0.2, -0.15) is 0 Å². The smallest absolute Gasteiger partial charge is 0.235 e. The highest BCUT2D eigenvalue weighted by atomic mass is 32.2. The highest BCUT2D eigenvalue weighted by molar-refractivity contribution is 8.00. The third kappa shape index (κ3) is 4.07. The number of carbonyl (C=O) groups excluding carboxylic acids is 1. The van der Waals surface area contributed by atoms with Gasteiger partial charge in [-0.15, -0.1) is 0 Å². The molecule has 0 saturated heterocycles. The molecule has 4 nitrogen and oxygen atoms in total. The minimum Gasteiger partial charge on any atom is -0.342 e. The third-order valence-electron chi connectivity index (χ3n) is 3.43. The van der Waals surface area contributed by atoms with Gasteiger partial charge in [0.2, 0.25) is 5.91 Å². The molecule has 2 aromatic rings. The molecule has 0 N–H and O–H groups in total. The first-order valence-corrected chi connectivity index (χ1v) is 8.36. The van der Waals surface area contributed by atoms with Crippen LogP contribution in [0.15, 0.2) is 47.8 Å². The fourth-order valence-corrected chi connectivity index (χ4v) is 3.09. The SMILES string of the molecule is CCN(CC)C(=O)[C@H](C)Sc1cc(-c2ccccc2)ncn1. The van der Waals surface area contributed by atoms with Crippen molar-refractivity contribution in [3.05, 3.63) is 42.7 Å². The third-order valence-corrected chi connectivity index (χ3v) is 4.45. The molecule has 0 spiro atoms. The van der Waals surface area contributed by atoms with Gasteiger partial charge in [-0.25, -0.2) is 9.97 Å². The van der Waals surface area contributed by atoms with Crippen LogP contribution in [0, 0.1) is 0 Å². The van der Waals surface area contributed by atoms with Gasteiger partial charge in [0.15, 0.2) is 0 Å². The second-order valence-corrected chi connectivity index (χ2v) is 6.24. The maximum Gasteiger partial charge on any atom is 0.235 e. The summed E-state index contributed by atoms with van der Waals surface area (Å²) in [6.45, 7) is 7.39. The number of hydrogen-bond donors (Lipinski definition) is 0. The van der Waals surface area contributed by atoms with E-state index in [9.17, 15) is 4.79 Å². The number of hydrogen-bond acceptors (Lipinski definition) is 4. The van der Waals surface area contributed by atoms with Crippen molar-refractivity contribution in [1.82, 2.24) is 14.9 Å². The molecule has 0 bridgehead atoms. The van der Waals surface area contributed by atoms with Gasteiger partial charge in [-0.3, -0.25) is 4.79 Å². The van der Waals surface area contributed by atoms with Crippen LogP contribution >= 0.6 is 11.8 Å². The number of thioether (sulfide) groups is 1. The van der Waals surface area contributed by atoms with E-state index < -0.39 is 0 Å². The number of carbonyl (C=O) groups is 1. The van der Waals surface area contributed by atoms with Gasteiger partial charge in [0.05, 0.1) is 10.9 Å². The van der Waals surface area contributed by atoms with Crippen molar-refractivity contribution in [2.45, 2.75) is 31.0 Å². The normalized spacial score (nSPS) is 12.0. The van der Waals surface area contributed by atoms with Crippen LogP contribution in [0.2, 0.25) is 0 Å². The van der Waals surface area contributed by atoms with E-state index in [0.717, 1.165) is 29.4 Å². The van der Waals surface area contributed by atoms with E-state index >= 15 is 0 Å². The summed E-state index contributed by atoms with van der Waals surface area (Å²) in [6, 6.07) is 11.9. The van der Waals surface area contributed by atoms with Gasteiger partial charge in [-0.1, -0.05) is 42.1 Å². The Kier molecular flexibility index (Phi) is 5.95. The minimum atomic E-state index is -0.154. The van der Waals surface area contributed by atoms with Crippen LogP contribution in [0.3, 0.4) is 0 Å². The molecule has 22 heavy (non-hydrogen) atoms. The number of rotatable bonds is 6. The monoisotopic (exact) mass is 315 g/mol. The molecule has 1 amide bonds. The van der Waals surface area contributed by atoms with Crippen molar-refractivity contribution in [3.63, 3.8) is 0 Å².